The highest BCUT2D eigenvalue weighted by Crippen LogP contribution is 2.17. The number of benzene rings is 2. The van der Waals surface area contributed by atoms with Gasteiger partial charge in [-0.3, -0.25) is 4.79 Å². The maximum absolute atomic E-state index is 12.4. The Morgan fingerprint density at radius 3 is 2.44 bits per heavy atom. The van der Waals surface area contributed by atoms with E-state index in [1.807, 2.05) is 54.6 Å². The number of hydrogen-bond donors (Lipinski definition) is 2. The number of rotatable bonds is 9. The zero-order valence-corrected chi connectivity index (χ0v) is 15.1. The maximum atomic E-state index is 12.4. The molecule has 0 heterocycles. The summed E-state index contributed by atoms with van der Waals surface area (Å²) < 4.78 is 5.65. The van der Waals surface area contributed by atoms with Crippen LogP contribution in [0.3, 0.4) is 0 Å². The van der Waals surface area contributed by atoms with Gasteiger partial charge in [-0.15, -0.1) is 0 Å². The van der Waals surface area contributed by atoms with Gasteiger partial charge in [0.1, 0.15) is 11.3 Å². The molecule has 25 heavy (non-hydrogen) atoms. The average Bonchev–Trinajstić information content (AvgIpc) is 2.64. The van der Waals surface area contributed by atoms with Crippen molar-refractivity contribution >= 4 is 5.91 Å². The Hall–Kier alpha value is -2.33. The molecule has 0 bridgehead atoms. The fourth-order valence-corrected chi connectivity index (χ4v) is 2.51. The van der Waals surface area contributed by atoms with Crippen LogP contribution in [0.5, 0.6) is 5.75 Å². The first kappa shape index (κ1) is 19.0. The topological polar surface area (TPSA) is 64.3 Å². The molecule has 0 aliphatic rings. The van der Waals surface area contributed by atoms with Gasteiger partial charge < -0.3 is 15.8 Å². The second-order valence-electron chi connectivity index (χ2n) is 6.42. The molecule has 0 radical (unpaired) electrons. The molecule has 0 spiro atoms. The smallest absolute Gasteiger partial charge is 0.244 e. The van der Waals surface area contributed by atoms with E-state index in [-0.39, 0.29) is 5.91 Å². The lowest BCUT2D eigenvalue weighted by Crippen LogP contribution is -2.49. The SMILES string of the molecule is CCCCOc1ccc(CCNC(=O)C(C)(N)c2ccccc2)cc1. The van der Waals surface area contributed by atoms with Gasteiger partial charge in [0.25, 0.3) is 0 Å². The van der Waals surface area contributed by atoms with Crippen molar-refractivity contribution in [3.63, 3.8) is 0 Å². The van der Waals surface area contributed by atoms with Gasteiger partial charge in [0, 0.05) is 6.54 Å². The zero-order valence-electron chi connectivity index (χ0n) is 15.1. The molecule has 1 amide bonds. The van der Waals surface area contributed by atoms with Gasteiger partial charge >= 0.3 is 0 Å². The fraction of sp³-hybridized carbons (Fsp3) is 0.381. The summed E-state index contributed by atoms with van der Waals surface area (Å²) in [6, 6.07) is 17.4. The Labute approximate surface area is 150 Å². The van der Waals surface area contributed by atoms with Crippen LogP contribution in [0.4, 0.5) is 0 Å². The van der Waals surface area contributed by atoms with E-state index in [2.05, 4.69) is 12.2 Å². The van der Waals surface area contributed by atoms with E-state index in [0.717, 1.165) is 42.7 Å². The first-order valence-corrected chi connectivity index (χ1v) is 8.88. The minimum Gasteiger partial charge on any atom is -0.494 e. The molecule has 4 nitrogen and oxygen atoms in total. The van der Waals surface area contributed by atoms with Crippen LogP contribution in [-0.4, -0.2) is 19.1 Å². The van der Waals surface area contributed by atoms with Gasteiger partial charge in [-0.25, -0.2) is 0 Å². The third kappa shape index (κ3) is 5.61. The van der Waals surface area contributed by atoms with Crippen LogP contribution in [0.15, 0.2) is 54.6 Å². The molecule has 0 aliphatic carbocycles. The molecule has 0 saturated heterocycles. The average molecular weight is 340 g/mol. The van der Waals surface area contributed by atoms with Crippen molar-refractivity contribution in [3.8, 4) is 5.75 Å². The summed E-state index contributed by atoms with van der Waals surface area (Å²) in [5.41, 5.74) is 7.14. The second-order valence-corrected chi connectivity index (χ2v) is 6.42. The highest BCUT2D eigenvalue weighted by molar-refractivity contribution is 5.86. The zero-order chi connectivity index (χ0) is 18.1. The number of carbonyl (C=O) groups is 1. The van der Waals surface area contributed by atoms with Crippen LogP contribution in [0.1, 0.15) is 37.8 Å². The van der Waals surface area contributed by atoms with Crippen LogP contribution in [0.25, 0.3) is 0 Å². The van der Waals surface area contributed by atoms with Gasteiger partial charge in [-0.1, -0.05) is 55.8 Å². The first-order chi connectivity index (χ1) is 12.0. The summed E-state index contributed by atoms with van der Waals surface area (Å²) in [6.45, 7) is 5.18. The molecule has 0 fully saturated rings. The van der Waals surface area contributed by atoms with Crippen molar-refractivity contribution in [2.45, 2.75) is 38.6 Å². The Morgan fingerprint density at radius 2 is 1.80 bits per heavy atom. The van der Waals surface area contributed by atoms with E-state index in [1.54, 1.807) is 6.92 Å². The third-order valence-corrected chi connectivity index (χ3v) is 4.23. The Balaban J connectivity index is 1.81. The van der Waals surface area contributed by atoms with Gasteiger partial charge in [-0.2, -0.15) is 0 Å². The quantitative estimate of drug-likeness (QED) is 0.688. The molecule has 4 heteroatoms. The van der Waals surface area contributed by atoms with Crippen molar-refractivity contribution in [1.29, 1.82) is 0 Å². The van der Waals surface area contributed by atoms with Crippen LogP contribution in [0.2, 0.25) is 0 Å². The molecule has 1 atom stereocenters. The molecule has 3 N–H and O–H groups in total. The Kier molecular flexibility index (Phi) is 7.02. The number of hydrogen-bond acceptors (Lipinski definition) is 3. The summed E-state index contributed by atoms with van der Waals surface area (Å²) in [7, 11) is 0. The molecule has 0 aliphatic heterocycles. The predicted octanol–water partition coefficient (Wildman–Crippen LogP) is 3.40. The molecule has 2 aromatic carbocycles. The summed E-state index contributed by atoms with van der Waals surface area (Å²) in [5.74, 6) is 0.720. The van der Waals surface area contributed by atoms with Crippen molar-refractivity contribution in [3.05, 3.63) is 65.7 Å². The van der Waals surface area contributed by atoms with E-state index in [4.69, 9.17) is 10.5 Å². The van der Waals surface area contributed by atoms with E-state index in [9.17, 15) is 4.79 Å². The van der Waals surface area contributed by atoms with Crippen LogP contribution in [-0.2, 0) is 16.8 Å². The van der Waals surface area contributed by atoms with E-state index >= 15 is 0 Å². The van der Waals surface area contributed by atoms with Crippen LogP contribution >= 0.6 is 0 Å². The standard InChI is InChI=1S/C21H28N2O2/c1-3-4-16-25-19-12-10-17(11-13-19)14-15-23-20(24)21(2,22)18-8-6-5-7-9-18/h5-13H,3-4,14-16,22H2,1-2H3,(H,23,24). The number of ether oxygens (including phenoxy) is 1. The normalized spacial score (nSPS) is 13.1. The molecule has 1 unspecified atom stereocenters. The van der Waals surface area contributed by atoms with Crippen molar-refractivity contribution in [1.82, 2.24) is 5.32 Å². The molecular weight excluding hydrogens is 312 g/mol. The summed E-state index contributed by atoms with van der Waals surface area (Å²) in [4.78, 5) is 12.4. The lowest BCUT2D eigenvalue weighted by atomic mass is 9.92. The van der Waals surface area contributed by atoms with Crippen LogP contribution in [0, 0.1) is 0 Å². The summed E-state index contributed by atoms with van der Waals surface area (Å²) >= 11 is 0. The van der Waals surface area contributed by atoms with E-state index in [1.165, 1.54) is 0 Å². The highest BCUT2D eigenvalue weighted by Gasteiger charge is 2.29. The number of unbranched alkanes of at least 4 members (excludes halogenated alkanes) is 1. The minimum absolute atomic E-state index is 0.168. The van der Waals surface area contributed by atoms with Crippen molar-refractivity contribution in [2.24, 2.45) is 5.73 Å². The minimum atomic E-state index is -1.03. The molecule has 0 aromatic heterocycles. The van der Waals surface area contributed by atoms with Gasteiger partial charge in [0.05, 0.1) is 6.61 Å². The number of nitrogens with one attached hydrogen (secondary N) is 1. The van der Waals surface area contributed by atoms with Crippen molar-refractivity contribution in [2.75, 3.05) is 13.2 Å². The lowest BCUT2D eigenvalue weighted by molar-refractivity contribution is -0.126. The first-order valence-electron chi connectivity index (χ1n) is 8.88. The molecule has 2 rings (SSSR count). The second kappa shape index (κ2) is 9.23. The predicted molar refractivity (Wildman–Crippen MR) is 102 cm³/mol. The molecule has 2 aromatic rings. The Morgan fingerprint density at radius 1 is 1.12 bits per heavy atom. The van der Waals surface area contributed by atoms with Crippen LogP contribution < -0.4 is 15.8 Å². The number of carbonyl (C=O) groups excluding carboxylic acids is 1. The number of nitrogens with two attached hydrogens (primary N) is 1. The number of amides is 1. The molecular formula is C21H28N2O2. The van der Waals surface area contributed by atoms with Crippen molar-refractivity contribution < 1.29 is 9.53 Å². The highest BCUT2D eigenvalue weighted by atomic mass is 16.5. The fourth-order valence-electron chi connectivity index (χ4n) is 2.51. The van der Waals surface area contributed by atoms with Gasteiger partial charge in [0.2, 0.25) is 5.91 Å². The molecule has 0 saturated carbocycles. The lowest BCUT2D eigenvalue weighted by Gasteiger charge is -2.24. The van der Waals surface area contributed by atoms with Gasteiger partial charge in [-0.05, 0) is 43.0 Å². The maximum Gasteiger partial charge on any atom is 0.244 e. The summed E-state index contributed by atoms with van der Waals surface area (Å²) in [6.07, 6.45) is 2.94. The third-order valence-electron chi connectivity index (χ3n) is 4.23. The summed E-state index contributed by atoms with van der Waals surface area (Å²) in [5, 5.41) is 2.93. The monoisotopic (exact) mass is 340 g/mol. The van der Waals surface area contributed by atoms with E-state index < -0.39 is 5.54 Å². The van der Waals surface area contributed by atoms with Gasteiger partial charge in [0.15, 0.2) is 0 Å². The Bertz CT molecular complexity index is 651. The molecule has 134 valence electrons. The largest absolute Gasteiger partial charge is 0.494 e. The van der Waals surface area contributed by atoms with E-state index in [0.29, 0.717) is 6.54 Å².